The molecule has 7 heteroatoms. The molecule has 0 N–H and O–H groups in total. The Balaban J connectivity index is 1.53. The summed E-state index contributed by atoms with van der Waals surface area (Å²) in [6, 6.07) is 4.42. The van der Waals surface area contributed by atoms with Crippen molar-refractivity contribution >= 4 is 27.4 Å². The number of fused-ring (bicyclic) bond motifs is 1. The van der Waals surface area contributed by atoms with Gasteiger partial charge in [-0.05, 0) is 28.1 Å². The molecule has 0 aromatic carbocycles. The Bertz CT molecular complexity index is 726. The van der Waals surface area contributed by atoms with Crippen LogP contribution in [0, 0.1) is 0 Å². The minimum absolute atomic E-state index is 0.423. The summed E-state index contributed by atoms with van der Waals surface area (Å²) in [5.74, 6) is 0.980. The molecular formula is C12H11BrN6. The van der Waals surface area contributed by atoms with Crippen molar-refractivity contribution in [1.82, 2.24) is 24.4 Å². The number of hydrogen-bond donors (Lipinski definition) is 0. The summed E-state index contributed by atoms with van der Waals surface area (Å²) in [4.78, 5) is 6.43. The summed E-state index contributed by atoms with van der Waals surface area (Å²) < 4.78 is 4.81. The molecule has 96 valence electrons. The molecule has 0 aliphatic carbocycles. The van der Waals surface area contributed by atoms with Crippen LogP contribution in [0.4, 0.5) is 5.82 Å². The molecule has 0 unspecified atom stereocenters. The predicted molar refractivity (Wildman–Crippen MR) is 74.2 cm³/mol. The second kappa shape index (κ2) is 4.06. The zero-order valence-corrected chi connectivity index (χ0v) is 11.6. The molecular weight excluding hydrogens is 308 g/mol. The van der Waals surface area contributed by atoms with E-state index in [9.17, 15) is 0 Å². The largest absolute Gasteiger partial charge is 0.351 e. The predicted octanol–water partition coefficient (Wildman–Crippen LogP) is 1.75. The summed E-state index contributed by atoms with van der Waals surface area (Å²) in [6.45, 7) is 1.86. The Hall–Kier alpha value is -1.89. The highest BCUT2D eigenvalue weighted by molar-refractivity contribution is 9.10. The summed E-state index contributed by atoms with van der Waals surface area (Å²) in [5, 5.41) is 8.85. The van der Waals surface area contributed by atoms with Crippen molar-refractivity contribution < 1.29 is 0 Å². The lowest BCUT2D eigenvalue weighted by atomic mass is 10.1. The number of aromatic nitrogens is 5. The number of anilines is 1. The van der Waals surface area contributed by atoms with Crippen molar-refractivity contribution in [2.45, 2.75) is 6.04 Å². The number of rotatable bonds is 2. The van der Waals surface area contributed by atoms with E-state index in [-0.39, 0.29) is 0 Å². The monoisotopic (exact) mass is 318 g/mol. The minimum atomic E-state index is 0.423. The zero-order chi connectivity index (χ0) is 12.8. The molecule has 0 radical (unpaired) electrons. The molecule has 0 spiro atoms. The van der Waals surface area contributed by atoms with Crippen LogP contribution in [0.15, 0.2) is 41.4 Å². The molecule has 1 aliphatic rings. The van der Waals surface area contributed by atoms with Gasteiger partial charge in [0.05, 0.1) is 16.7 Å². The van der Waals surface area contributed by atoms with Crippen LogP contribution < -0.4 is 4.90 Å². The molecule has 0 bridgehead atoms. The minimum Gasteiger partial charge on any atom is -0.351 e. The second-order valence-electron chi connectivity index (χ2n) is 4.62. The lowest BCUT2D eigenvalue weighted by Gasteiger charge is -2.39. The van der Waals surface area contributed by atoms with E-state index < -0.39 is 0 Å². The molecule has 0 saturated carbocycles. The number of halogens is 1. The summed E-state index contributed by atoms with van der Waals surface area (Å²) >= 11 is 3.42. The highest BCUT2D eigenvalue weighted by Crippen LogP contribution is 2.26. The normalized spacial score (nSPS) is 15.9. The van der Waals surface area contributed by atoms with E-state index in [1.807, 2.05) is 35.4 Å². The lowest BCUT2D eigenvalue weighted by molar-refractivity contribution is 0.365. The molecule has 1 fully saturated rings. The van der Waals surface area contributed by atoms with Gasteiger partial charge in [0.2, 0.25) is 0 Å². The van der Waals surface area contributed by atoms with Gasteiger partial charge in [0.15, 0.2) is 5.65 Å². The van der Waals surface area contributed by atoms with Crippen LogP contribution in [0.1, 0.15) is 6.04 Å². The number of imidazole rings is 1. The fourth-order valence-electron chi connectivity index (χ4n) is 2.30. The van der Waals surface area contributed by atoms with Gasteiger partial charge in [0.1, 0.15) is 5.82 Å². The first kappa shape index (κ1) is 11.0. The van der Waals surface area contributed by atoms with E-state index in [2.05, 4.69) is 36.0 Å². The second-order valence-corrected chi connectivity index (χ2v) is 5.53. The standard InChI is InChI=1S/C12H11BrN6/c13-9-5-15-19(6-9)10-7-17(8-10)12-2-1-11-14-3-4-18(11)16-12/h1-6,10H,7-8H2. The fourth-order valence-corrected chi connectivity index (χ4v) is 2.60. The third-order valence-corrected chi connectivity index (χ3v) is 3.78. The maximum Gasteiger partial charge on any atom is 0.153 e. The summed E-state index contributed by atoms with van der Waals surface area (Å²) in [5.41, 5.74) is 0.872. The molecule has 4 rings (SSSR count). The van der Waals surface area contributed by atoms with Crippen LogP contribution >= 0.6 is 15.9 Å². The first-order valence-electron chi connectivity index (χ1n) is 6.04. The molecule has 4 heterocycles. The van der Waals surface area contributed by atoms with E-state index in [0.29, 0.717) is 6.04 Å². The first-order valence-corrected chi connectivity index (χ1v) is 6.84. The van der Waals surface area contributed by atoms with E-state index in [1.54, 1.807) is 10.7 Å². The van der Waals surface area contributed by atoms with Crippen LogP contribution in [0.3, 0.4) is 0 Å². The van der Waals surface area contributed by atoms with Crippen LogP contribution in [0.2, 0.25) is 0 Å². The molecule has 1 saturated heterocycles. The van der Waals surface area contributed by atoms with Gasteiger partial charge in [-0.25, -0.2) is 9.50 Å². The van der Waals surface area contributed by atoms with E-state index in [4.69, 9.17) is 0 Å². The fraction of sp³-hybridized carbons (Fsp3) is 0.250. The van der Waals surface area contributed by atoms with Gasteiger partial charge >= 0.3 is 0 Å². The van der Waals surface area contributed by atoms with Crippen molar-refractivity contribution in [3.63, 3.8) is 0 Å². The van der Waals surface area contributed by atoms with Gasteiger partial charge in [-0.2, -0.15) is 5.10 Å². The number of hydrogen-bond acceptors (Lipinski definition) is 4. The topological polar surface area (TPSA) is 51.2 Å². The molecule has 0 atom stereocenters. The maximum atomic E-state index is 4.53. The van der Waals surface area contributed by atoms with Crippen molar-refractivity contribution in [2.75, 3.05) is 18.0 Å². The Labute approximate surface area is 117 Å². The molecule has 0 amide bonds. The zero-order valence-electron chi connectivity index (χ0n) is 10.0. The summed E-state index contributed by atoms with van der Waals surface area (Å²) in [6.07, 6.45) is 7.44. The van der Waals surface area contributed by atoms with E-state index in [0.717, 1.165) is 29.0 Å². The van der Waals surface area contributed by atoms with Crippen molar-refractivity contribution in [3.8, 4) is 0 Å². The molecule has 6 nitrogen and oxygen atoms in total. The lowest BCUT2D eigenvalue weighted by Crippen LogP contribution is -2.48. The summed E-state index contributed by atoms with van der Waals surface area (Å²) in [7, 11) is 0. The Morgan fingerprint density at radius 3 is 2.95 bits per heavy atom. The van der Waals surface area contributed by atoms with Crippen LogP contribution in [-0.2, 0) is 0 Å². The third-order valence-electron chi connectivity index (χ3n) is 3.37. The smallest absolute Gasteiger partial charge is 0.153 e. The third kappa shape index (κ3) is 1.81. The number of nitrogens with zero attached hydrogens (tertiary/aromatic N) is 6. The highest BCUT2D eigenvalue weighted by Gasteiger charge is 2.30. The Kier molecular flexibility index (Phi) is 2.34. The SMILES string of the molecule is Brc1cnn(C2CN(c3ccc4nccn4n3)C2)c1. The van der Waals surface area contributed by atoms with Gasteiger partial charge in [-0.1, -0.05) is 0 Å². The first-order chi connectivity index (χ1) is 9.29. The molecule has 1 aliphatic heterocycles. The van der Waals surface area contributed by atoms with Gasteiger partial charge in [0.25, 0.3) is 0 Å². The maximum absolute atomic E-state index is 4.53. The molecule has 19 heavy (non-hydrogen) atoms. The quantitative estimate of drug-likeness (QED) is 0.722. The van der Waals surface area contributed by atoms with E-state index in [1.165, 1.54) is 0 Å². The van der Waals surface area contributed by atoms with Crippen molar-refractivity contribution in [2.24, 2.45) is 0 Å². The van der Waals surface area contributed by atoms with Gasteiger partial charge < -0.3 is 4.90 Å². The Morgan fingerprint density at radius 2 is 2.16 bits per heavy atom. The van der Waals surface area contributed by atoms with E-state index >= 15 is 0 Å². The van der Waals surface area contributed by atoms with Crippen LogP contribution in [0.5, 0.6) is 0 Å². The van der Waals surface area contributed by atoms with Gasteiger partial charge in [0, 0.05) is 31.7 Å². The van der Waals surface area contributed by atoms with Crippen LogP contribution in [0.25, 0.3) is 5.65 Å². The Morgan fingerprint density at radius 1 is 1.26 bits per heavy atom. The van der Waals surface area contributed by atoms with Crippen LogP contribution in [-0.4, -0.2) is 37.5 Å². The highest BCUT2D eigenvalue weighted by atomic mass is 79.9. The molecule has 3 aromatic rings. The van der Waals surface area contributed by atoms with Gasteiger partial charge in [-0.15, -0.1) is 5.10 Å². The van der Waals surface area contributed by atoms with Crippen molar-refractivity contribution in [3.05, 3.63) is 41.4 Å². The average Bonchev–Trinajstić information content (AvgIpc) is 2.96. The van der Waals surface area contributed by atoms with Gasteiger partial charge in [-0.3, -0.25) is 4.68 Å². The average molecular weight is 319 g/mol. The van der Waals surface area contributed by atoms with Crippen molar-refractivity contribution in [1.29, 1.82) is 0 Å². The molecule has 3 aromatic heterocycles.